The Morgan fingerprint density at radius 3 is 2.59 bits per heavy atom. The summed E-state index contributed by atoms with van der Waals surface area (Å²) in [5, 5.41) is 14.0. The van der Waals surface area contributed by atoms with E-state index in [1.54, 1.807) is 35.6 Å². The monoisotopic (exact) mass is 419 g/mol. The van der Waals surface area contributed by atoms with Crippen molar-refractivity contribution < 1.29 is 4.79 Å². The fourth-order valence-corrected chi connectivity index (χ4v) is 3.99. The van der Waals surface area contributed by atoms with Crippen LogP contribution in [0.4, 0.5) is 10.9 Å². The predicted octanol–water partition coefficient (Wildman–Crippen LogP) is 4.95. The predicted molar refractivity (Wildman–Crippen MR) is 116 cm³/mol. The van der Waals surface area contributed by atoms with Gasteiger partial charge < -0.3 is 5.32 Å². The van der Waals surface area contributed by atoms with Crippen LogP contribution in [0.1, 0.15) is 15.9 Å². The first kappa shape index (κ1) is 19.1. The van der Waals surface area contributed by atoms with Gasteiger partial charge in [0, 0.05) is 22.5 Å². The standard InChI is InChI=1S/C21H17N5OS2/c27-20(25-21-26-24-14-28-21)16-10-11-19(23-13-16)22-12-15-6-4-5-9-18(15)29-17-7-2-1-3-8-17/h1-11,13-14H,12H2,(H,22,23)(H,25,26,27). The molecule has 0 aliphatic heterocycles. The maximum absolute atomic E-state index is 12.2. The Balaban J connectivity index is 1.39. The number of amides is 1. The first-order valence-corrected chi connectivity index (χ1v) is 10.6. The number of nitrogens with one attached hydrogen (secondary N) is 2. The van der Waals surface area contributed by atoms with Crippen molar-refractivity contribution in [1.82, 2.24) is 15.2 Å². The lowest BCUT2D eigenvalue weighted by Gasteiger charge is -2.11. The normalized spacial score (nSPS) is 10.5. The molecule has 6 nitrogen and oxygen atoms in total. The first-order chi connectivity index (χ1) is 14.3. The van der Waals surface area contributed by atoms with E-state index in [0.29, 0.717) is 23.1 Å². The summed E-state index contributed by atoms with van der Waals surface area (Å²) in [4.78, 5) is 18.9. The SMILES string of the molecule is O=C(Nc1nncs1)c1ccc(NCc2ccccc2Sc2ccccc2)nc1. The molecule has 0 saturated carbocycles. The van der Waals surface area contributed by atoms with Crippen molar-refractivity contribution >= 4 is 40.0 Å². The quantitative estimate of drug-likeness (QED) is 0.441. The number of hydrogen-bond acceptors (Lipinski definition) is 7. The molecule has 0 fully saturated rings. The lowest BCUT2D eigenvalue weighted by molar-refractivity contribution is 0.102. The minimum atomic E-state index is -0.259. The van der Waals surface area contributed by atoms with Gasteiger partial charge in [-0.2, -0.15) is 0 Å². The molecule has 2 aromatic heterocycles. The van der Waals surface area contributed by atoms with Crippen LogP contribution < -0.4 is 10.6 Å². The lowest BCUT2D eigenvalue weighted by Crippen LogP contribution is -2.12. The van der Waals surface area contributed by atoms with E-state index in [1.165, 1.54) is 26.7 Å². The molecule has 8 heteroatoms. The number of anilines is 2. The maximum atomic E-state index is 12.2. The third kappa shape index (κ3) is 5.18. The van der Waals surface area contributed by atoms with Crippen LogP contribution in [-0.2, 0) is 6.54 Å². The van der Waals surface area contributed by atoms with Gasteiger partial charge >= 0.3 is 0 Å². The van der Waals surface area contributed by atoms with Gasteiger partial charge in [-0.05, 0) is 35.9 Å². The van der Waals surface area contributed by atoms with Crippen molar-refractivity contribution in [2.75, 3.05) is 10.6 Å². The Morgan fingerprint density at radius 2 is 1.83 bits per heavy atom. The van der Waals surface area contributed by atoms with Crippen molar-refractivity contribution in [1.29, 1.82) is 0 Å². The molecule has 4 aromatic rings. The van der Waals surface area contributed by atoms with E-state index in [-0.39, 0.29) is 5.91 Å². The summed E-state index contributed by atoms with van der Waals surface area (Å²) in [7, 11) is 0. The highest BCUT2D eigenvalue weighted by molar-refractivity contribution is 7.99. The molecule has 1 amide bonds. The molecule has 0 spiro atoms. The molecule has 4 rings (SSSR count). The van der Waals surface area contributed by atoms with Gasteiger partial charge in [0.2, 0.25) is 5.13 Å². The lowest BCUT2D eigenvalue weighted by atomic mass is 10.2. The number of hydrogen-bond donors (Lipinski definition) is 2. The molecule has 0 saturated heterocycles. The van der Waals surface area contributed by atoms with Crippen molar-refractivity contribution in [2.45, 2.75) is 16.3 Å². The molecule has 0 aliphatic rings. The molecule has 0 aliphatic carbocycles. The summed E-state index contributed by atoms with van der Waals surface area (Å²) in [6.45, 7) is 0.638. The molecule has 0 bridgehead atoms. The number of carbonyl (C=O) groups excluding carboxylic acids is 1. The first-order valence-electron chi connectivity index (χ1n) is 8.86. The van der Waals surface area contributed by atoms with E-state index in [9.17, 15) is 4.79 Å². The zero-order valence-electron chi connectivity index (χ0n) is 15.3. The zero-order chi connectivity index (χ0) is 19.9. The summed E-state index contributed by atoms with van der Waals surface area (Å²) in [5.41, 5.74) is 3.21. The van der Waals surface area contributed by atoms with Crippen LogP contribution >= 0.6 is 23.1 Å². The second kappa shape index (κ2) is 9.31. The summed E-state index contributed by atoms with van der Waals surface area (Å²) >= 11 is 3.00. The van der Waals surface area contributed by atoms with E-state index in [2.05, 4.69) is 50.1 Å². The van der Waals surface area contributed by atoms with E-state index >= 15 is 0 Å². The van der Waals surface area contributed by atoms with Gasteiger partial charge in [0.15, 0.2) is 0 Å². The minimum Gasteiger partial charge on any atom is -0.366 e. The van der Waals surface area contributed by atoms with Crippen LogP contribution in [0, 0.1) is 0 Å². The van der Waals surface area contributed by atoms with Gasteiger partial charge in [-0.1, -0.05) is 59.5 Å². The van der Waals surface area contributed by atoms with E-state index in [4.69, 9.17) is 0 Å². The van der Waals surface area contributed by atoms with Crippen molar-refractivity contribution in [3.05, 3.63) is 89.6 Å². The second-order valence-electron chi connectivity index (χ2n) is 6.01. The third-order valence-electron chi connectivity index (χ3n) is 4.01. The second-order valence-corrected chi connectivity index (χ2v) is 7.96. The Labute approximate surface area is 176 Å². The molecule has 0 atom stereocenters. The zero-order valence-corrected chi connectivity index (χ0v) is 16.9. The topological polar surface area (TPSA) is 79.8 Å². The number of rotatable bonds is 7. The molecule has 144 valence electrons. The van der Waals surface area contributed by atoms with Crippen LogP contribution in [0.15, 0.2) is 88.2 Å². The molecule has 2 N–H and O–H groups in total. The number of benzene rings is 2. The van der Waals surface area contributed by atoms with Crippen LogP contribution in [0.3, 0.4) is 0 Å². The smallest absolute Gasteiger partial charge is 0.259 e. The van der Waals surface area contributed by atoms with Gasteiger partial charge in [-0.3, -0.25) is 10.1 Å². The average Bonchev–Trinajstić information content (AvgIpc) is 3.27. The fourth-order valence-electron chi connectivity index (χ4n) is 2.58. The van der Waals surface area contributed by atoms with Crippen LogP contribution in [-0.4, -0.2) is 21.1 Å². The molecule has 0 unspecified atom stereocenters. The number of carbonyl (C=O) groups is 1. The number of pyridine rings is 1. The van der Waals surface area contributed by atoms with Gasteiger partial charge in [-0.25, -0.2) is 4.98 Å². The molecule has 29 heavy (non-hydrogen) atoms. The summed E-state index contributed by atoms with van der Waals surface area (Å²) in [6.07, 6.45) is 1.54. The van der Waals surface area contributed by atoms with Crippen LogP contribution in [0.5, 0.6) is 0 Å². The largest absolute Gasteiger partial charge is 0.366 e. The fraction of sp³-hybridized carbons (Fsp3) is 0.0476. The minimum absolute atomic E-state index is 0.259. The molecule has 2 heterocycles. The Kier molecular flexibility index (Phi) is 6.13. The molecular weight excluding hydrogens is 402 g/mol. The Bertz CT molecular complexity index is 1070. The van der Waals surface area contributed by atoms with Crippen molar-refractivity contribution in [2.24, 2.45) is 0 Å². The summed E-state index contributed by atoms with van der Waals surface area (Å²) in [6, 6.07) is 22.1. The summed E-state index contributed by atoms with van der Waals surface area (Å²) in [5.74, 6) is 0.447. The van der Waals surface area contributed by atoms with Crippen LogP contribution in [0.2, 0.25) is 0 Å². The van der Waals surface area contributed by atoms with Gasteiger partial charge in [-0.15, -0.1) is 10.2 Å². The number of nitrogens with zero attached hydrogens (tertiary/aromatic N) is 3. The molecule has 2 aromatic carbocycles. The average molecular weight is 420 g/mol. The van der Waals surface area contributed by atoms with Gasteiger partial charge in [0.25, 0.3) is 5.91 Å². The maximum Gasteiger partial charge on any atom is 0.259 e. The highest BCUT2D eigenvalue weighted by Crippen LogP contribution is 2.30. The van der Waals surface area contributed by atoms with Gasteiger partial charge in [0.05, 0.1) is 5.56 Å². The van der Waals surface area contributed by atoms with Gasteiger partial charge in [0.1, 0.15) is 11.3 Å². The van der Waals surface area contributed by atoms with E-state index < -0.39 is 0 Å². The van der Waals surface area contributed by atoms with E-state index in [0.717, 1.165) is 0 Å². The van der Waals surface area contributed by atoms with E-state index in [1.807, 2.05) is 30.3 Å². The highest BCUT2D eigenvalue weighted by atomic mass is 32.2. The van der Waals surface area contributed by atoms with Crippen molar-refractivity contribution in [3.63, 3.8) is 0 Å². The molecular formula is C21H17N5OS2. The molecule has 0 radical (unpaired) electrons. The van der Waals surface area contributed by atoms with Crippen LogP contribution in [0.25, 0.3) is 0 Å². The number of aromatic nitrogens is 3. The van der Waals surface area contributed by atoms with Crippen molar-refractivity contribution in [3.8, 4) is 0 Å². The highest BCUT2D eigenvalue weighted by Gasteiger charge is 2.09. The third-order valence-corrected chi connectivity index (χ3v) is 5.74. The summed E-state index contributed by atoms with van der Waals surface area (Å²) < 4.78 is 0. The Hall–Kier alpha value is -3.23. The Morgan fingerprint density at radius 1 is 1.00 bits per heavy atom.